The van der Waals surface area contributed by atoms with Gasteiger partial charge in [0, 0.05) is 12.6 Å². The van der Waals surface area contributed by atoms with Gasteiger partial charge in [0.2, 0.25) is 0 Å². The van der Waals surface area contributed by atoms with Gasteiger partial charge in [-0.2, -0.15) is 0 Å². The standard InChI is InChI=1S/C13H29NO/c1-4-6-7-8-9-12(3)13(5-2)14-10-11-15/h12-15H,4-11H2,1-3H3. The monoisotopic (exact) mass is 215 g/mol. The zero-order valence-electron chi connectivity index (χ0n) is 10.8. The Morgan fingerprint density at radius 1 is 1.13 bits per heavy atom. The van der Waals surface area contributed by atoms with E-state index in [-0.39, 0.29) is 6.61 Å². The maximum atomic E-state index is 8.78. The van der Waals surface area contributed by atoms with Gasteiger partial charge in [0.15, 0.2) is 0 Å². The molecule has 0 bridgehead atoms. The summed E-state index contributed by atoms with van der Waals surface area (Å²) in [5, 5.41) is 12.2. The summed E-state index contributed by atoms with van der Waals surface area (Å²) in [5.41, 5.74) is 0. The molecule has 0 saturated carbocycles. The minimum absolute atomic E-state index is 0.249. The molecule has 15 heavy (non-hydrogen) atoms. The van der Waals surface area contributed by atoms with E-state index in [0.717, 1.165) is 18.9 Å². The van der Waals surface area contributed by atoms with Crippen LogP contribution in [0, 0.1) is 5.92 Å². The number of aliphatic hydroxyl groups excluding tert-OH is 1. The molecule has 2 heteroatoms. The van der Waals surface area contributed by atoms with Gasteiger partial charge in [-0.15, -0.1) is 0 Å². The van der Waals surface area contributed by atoms with E-state index >= 15 is 0 Å². The van der Waals surface area contributed by atoms with E-state index in [0.29, 0.717) is 6.04 Å². The molecule has 0 aromatic carbocycles. The molecule has 0 heterocycles. The first-order valence-corrected chi connectivity index (χ1v) is 6.60. The molecule has 2 unspecified atom stereocenters. The van der Waals surface area contributed by atoms with Gasteiger partial charge in [0.05, 0.1) is 6.61 Å². The molecular formula is C13H29NO. The Balaban J connectivity index is 3.58. The highest BCUT2D eigenvalue weighted by Gasteiger charge is 2.13. The second kappa shape index (κ2) is 10.4. The van der Waals surface area contributed by atoms with Crippen LogP contribution < -0.4 is 5.32 Å². The summed E-state index contributed by atoms with van der Waals surface area (Å²) in [4.78, 5) is 0. The lowest BCUT2D eigenvalue weighted by molar-refractivity contribution is 0.263. The number of hydrogen-bond acceptors (Lipinski definition) is 2. The highest BCUT2D eigenvalue weighted by Crippen LogP contribution is 2.15. The molecule has 0 spiro atoms. The van der Waals surface area contributed by atoms with Gasteiger partial charge in [-0.05, 0) is 18.8 Å². The fourth-order valence-electron chi connectivity index (χ4n) is 2.09. The van der Waals surface area contributed by atoms with Gasteiger partial charge in [-0.25, -0.2) is 0 Å². The van der Waals surface area contributed by atoms with Crippen LogP contribution in [0.1, 0.15) is 59.3 Å². The molecule has 0 radical (unpaired) electrons. The minimum atomic E-state index is 0.249. The summed E-state index contributed by atoms with van der Waals surface area (Å²) < 4.78 is 0. The van der Waals surface area contributed by atoms with Gasteiger partial charge in [0.1, 0.15) is 0 Å². The number of aliphatic hydroxyl groups is 1. The lowest BCUT2D eigenvalue weighted by Gasteiger charge is -2.23. The molecule has 0 aliphatic carbocycles. The second-order valence-corrected chi connectivity index (χ2v) is 4.52. The first kappa shape index (κ1) is 14.9. The normalized spacial score (nSPS) is 15.2. The topological polar surface area (TPSA) is 32.3 Å². The van der Waals surface area contributed by atoms with Crippen LogP contribution in [0.4, 0.5) is 0 Å². The van der Waals surface area contributed by atoms with Crippen molar-refractivity contribution < 1.29 is 5.11 Å². The van der Waals surface area contributed by atoms with Crippen molar-refractivity contribution in [3.8, 4) is 0 Å². The predicted octanol–water partition coefficient (Wildman–Crippen LogP) is 2.95. The first-order valence-electron chi connectivity index (χ1n) is 6.60. The summed E-state index contributed by atoms with van der Waals surface area (Å²) in [5.74, 6) is 0.735. The van der Waals surface area contributed by atoms with Crippen molar-refractivity contribution in [3.05, 3.63) is 0 Å². The molecule has 2 atom stereocenters. The summed E-state index contributed by atoms with van der Waals surface area (Å²) in [6.45, 7) is 7.78. The third-order valence-corrected chi connectivity index (χ3v) is 3.16. The lowest BCUT2D eigenvalue weighted by Crippen LogP contribution is -2.36. The largest absolute Gasteiger partial charge is 0.395 e. The maximum absolute atomic E-state index is 8.78. The highest BCUT2D eigenvalue weighted by molar-refractivity contribution is 4.71. The van der Waals surface area contributed by atoms with Crippen molar-refractivity contribution in [2.24, 2.45) is 5.92 Å². The third-order valence-electron chi connectivity index (χ3n) is 3.16. The number of hydrogen-bond donors (Lipinski definition) is 2. The van der Waals surface area contributed by atoms with Crippen LogP contribution in [0.2, 0.25) is 0 Å². The fraction of sp³-hybridized carbons (Fsp3) is 1.00. The Hall–Kier alpha value is -0.0800. The number of rotatable bonds is 10. The summed E-state index contributed by atoms with van der Waals surface area (Å²) in [6.07, 6.45) is 7.89. The van der Waals surface area contributed by atoms with E-state index < -0.39 is 0 Å². The Kier molecular flexibility index (Phi) is 10.4. The molecule has 0 aromatic rings. The maximum Gasteiger partial charge on any atom is 0.0556 e. The second-order valence-electron chi connectivity index (χ2n) is 4.52. The third kappa shape index (κ3) is 7.80. The molecule has 0 saturated heterocycles. The molecule has 0 aliphatic rings. The van der Waals surface area contributed by atoms with Gasteiger partial charge in [-0.3, -0.25) is 0 Å². The zero-order chi connectivity index (χ0) is 11.5. The SMILES string of the molecule is CCCCCCC(C)C(CC)NCCO. The van der Waals surface area contributed by atoms with Gasteiger partial charge >= 0.3 is 0 Å². The molecule has 92 valence electrons. The lowest BCUT2D eigenvalue weighted by atomic mass is 9.93. The quantitative estimate of drug-likeness (QED) is 0.549. The summed E-state index contributed by atoms with van der Waals surface area (Å²) >= 11 is 0. The van der Waals surface area contributed by atoms with Crippen LogP contribution in [0.15, 0.2) is 0 Å². The zero-order valence-corrected chi connectivity index (χ0v) is 10.8. The van der Waals surface area contributed by atoms with Crippen molar-refractivity contribution in [2.45, 2.75) is 65.3 Å². The van der Waals surface area contributed by atoms with Crippen molar-refractivity contribution in [1.29, 1.82) is 0 Å². The van der Waals surface area contributed by atoms with Crippen molar-refractivity contribution in [3.63, 3.8) is 0 Å². The number of unbranched alkanes of at least 4 members (excludes halogenated alkanes) is 3. The first-order chi connectivity index (χ1) is 7.26. The van der Waals surface area contributed by atoms with E-state index in [2.05, 4.69) is 26.1 Å². The molecule has 0 fully saturated rings. The van der Waals surface area contributed by atoms with Gasteiger partial charge < -0.3 is 10.4 Å². The van der Waals surface area contributed by atoms with Crippen molar-refractivity contribution in [2.75, 3.05) is 13.2 Å². The molecule has 0 aliphatic heterocycles. The highest BCUT2D eigenvalue weighted by atomic mass is 16.3. The predicted molar refractivity (Wildman–Crippen MR) is 67.1 cm³/mol. The van der Waals surface area contributed by atoms with E-state index in [9.17, 15) is 0 Å². The Bertz CT molecular complexity index is 128. The average Bonchev–Trinajstić information content (AvgIpc) is 2.25. The van der Waals surface area contributed by atoms with Crippen LogP contribution in [0.25, 0.3) is 0 Å². The Morgan fingerprint density at radius 3 is 2.40 bits per heavy atom. The van der Waals surface area contributed by atoms with Crippen LogP contribution in [0.3, 0.4) is 0 Å². The smallest absolute Gasteiger partial charge is 0.0556 e. The van der Waals surface area contributed by atoms with E-state index in [1.807, 2.05) is 0 Å². The molecule has 0 rings (SSSR count). The van der Waals surface area contributed by atoms with Crippen LogP contribution in [-0.4, -0.2) is 24.3 Å². The number of nitrogens with one attached hydrogen (secondary N) is 1. The molecule has 2 N–H and O–H groups in total. The van der Waals surface area contributed by atoms with Crippen LogP contribution in [0.5, 0.6) is 0 Å². The molecular weight excluding hydrogens is 186 g/mol. The summed E-state index contributed by atoms with van der Waals surface area (Å²) in [7, 11) is 0. The minimum Gasteiger partial charge on any atom is -0.395 e. The molecule has 0 amide bonds. The Labute approximate surface area is 95.5 Å². The van der Waals surface area contributed by atoms with Crippen molar-refractivity contribution >= 4 is 0 Å². The molecule has 2 nitrogen and oxygen atoms in total. The van der Waals surface area contributed by atoms with E-state index in [1.165, 1.54) is 32.1 Å². The van der Waals surface area contributed by atoms with E-state index in [4.69, 9.17) is 5.11 Å². The van der Waals surface area contributed by atoms with Gasteiger partial charge in [0.25, 0.3) is 0 Å². The summed E-state index contributed by atoms with van der Waals surface area (Å²) in [6, 6.07) is 0.582. The average molecular weight is 215 g/mol. The fourth-order valence-corrected chi connectivity index (χ4v) is 2.09. The van der Waals surface area contributed by atoms with Crippen molar-refractivity contribution in [1.82, 2.24) is 5.32 Å². The van der Waals surface area contributed by atoms with E-state index in [1.54, 1.807) is 0 Å². The van der Waals surface area contributed by atoms with Crippen LogP contribution in [-0.2, 0) is 0 Å². The van der Waals surface area contributed by atoms with Gasteiger partial charge in [-0.1, -0.05) is 46.5 Å². The molecule has 0 aromatic heterocycles. The van der Waals surface area contributed by atoms with Crippen LogP contribution >= 0.6 is 0 Å². The Morgan fingerprint density at radius 2 is 1.87 bits per heavy atom.